The monoisotopic (exact) mass is 250 g/mol. The molecule has 18 heavy (non-hydrogen) atoms. The highest BCUT2D eigenvalue weighted by molar-refractivity contribution is 5.80. The quantitative estimate of drug-likeness (QED) is 0.817. The van der Waals surface area contributed by atoms with E-state index >= 15 is 0 Å². The second kappa shape index (κ2) is 6.01. The fourth-order valence-electron chi connectivity index (χ4n) is 1.83. The summed E-state index contributed by atoms with van der Waals surface area (Å²) in [5.74, 6) is -0.0250. The summed E-state index contributed by atoms with van der Waals surface area (Å²) < 4.78 is 4.87. The second-order valence-corrected chi connectivity index (χ2v) is 5.09. The molecule has 0 aliphatic heterocycles. The molecule has 1 aromatic rings. The number of carbonyl (C=O) groups is 1. The van der Waals surface area contributed by atoms with Crippen molar-refractivity contribution >= 4 is 5.97 Å². The molecular weight excluding hydrogens is 228 g/mol. The topological polar surface area (TPSA) is 46.5 Å². The van der Waals surface area contributed by atoms with Crippen LogP contribution in [0.3, 0.4) is 0 Å². The molecule has 1 N–H and O–H groups in total. The third-order valence-corrected chi connectivity index (χ3v) is 2.83. The fraction of sp³-hybridized carbons (Fsp3) is 0.533. The van der Waals surface area contributed by atoms with Gasteiger partial charge in [0.1, 0.15) is 0 Å². The minimum atomic E-state index is -1.58. The number of esters is 1. The Labute approximate surface area is 109 Å². The zero-order chi connectivity index (χ0) is 13.8. The molecule has 0 bridgehead atoms. The average molecular weight is 250 g/mol. The van der Waals surface area contributed by atoms with E-state index in [9.17, 15) is 9.90 Å². The molecule has 0 radical (unpaired) electrons. The van der Waals surface area contributed by atoms with Crippen LogP contribution >= 0.6 is 0 Å². The van der Waals surface area contributed by atoms with E-state index in [-0.39, 0.29) is 6.61 Å². The molecule has 1 unspecified atom stereocenters. The molecule has 3 nitrogen and oxygen atoms in total. The van der Waals surface area contributed by atoms with Gasteiger partial charge in [0.15, 0.2) is 5.60 Å². The van der Waals surface area contributed by atoms with Gasteiger partial charge in [-0.2, -0.15) is 0 Å². The first-order valence-corrected chi connectivity index (χ1v) is 6.37. The lowest BCUT2D eigenvalue weighted by Gasteiger charge is -2.21. The van der Waals surface area contributed by atoms with Gasteiger partial charge in [-0.3, -0.25) is 0 Å². The Morgan fingerprint density at radius 3 is 2.33 bits per heavy atom. The fourth-order valence-corrected chi connectivity index (χ4v) is 1.83. The van der Waals surface area contributed by atoms with Crippen LogP contribution in [-0.2, 0) is 21.6 Å². The predicted octanol–water partition coefficient (Wildman–Crippen LogP) is 2.66. The molecule has 1 rings (SSSR count). The largest absolute Gasteiger partial charge is 0.464 e. The molecule has 0 saturated carbocycles. The predicted molar refractivity (Wildman–Crippen MR) is 71.2 cm³/mol. The maximum Gasteiger partial charge on any atom is 0.342 e. The van der Waals surface area contributed by atoms with Crippen LogP contribution in [0.5, 0.6) is 0 Å². The Hall–Kier alpha value is -1.35. The van der Waals surface area contributed by atoms with E-state index in [1.807, 2.05) is 12.1 Å². The Morgan fingerprint density at radius 1 is 1.33 bits per heavy atom. The molecule has 1 aromatic carbocycles. The lowest BCUT2D eigenvalue weighted by Crippen LogP contribution is -2.34. The first-order chi connectivity index (χ1) is 8.37. The molecule has 0 fully saturated rings. The van der Waals surface area contributed by atoms with Crippen molar-refractivity contribution in [3.63, 3.8) is 0 Å². The summed E-state index contributed by atoms with van der Waals surface area (Å²) in [4.78, 5) is 11.7. The zero-order valence-electron chi connectivity index (χ0n) is 11.6. The van der Waals surface area contributed by atoms with Crippen molar-refractivity contribution in [3.8, 4) is 0 Å². The van der Waals surface area contributed by atoms with Gasteiger partial charge in [-0.05, 0) is 37.3 Å². The summed E-state index contributed by atoms with van der Waals surface area (Å²) in [5, 5.41) is 10.2. The van der Waals surface area contributed by atoms with Crippen LogP contribution in [0.4, 0.5) is 0 Å². The molecule has 0 amide bonds. The lowest BCUT2D eigenvalue weighted by molar-refractivity contribution is -0.164. The molecule has 0 aliphatic carbocycles. The minimum absolute atomic E-state index is 0.264. The summed E-state index contributed by atoms with van der Waals surface area (Å²) in [6.45, 7) is 7.76. The van der Waals surface area contributed by atoms with Gasteiger partial charge in [-0.1, -0.05) is 38.1 Å². The summed E-state index contributed by atoms with van der Waals surface area (Å²) in [5.41, 5.74) is 0.189. The maximum atomic E-state index is 11.7. The van der Waals surface area contributed by atoms with Gasteiger partial charge in [-0.25, -0.2) is 4.79 Å². The van der Waals surface area contributed by atoms with Gasteiger partial charge < -0.3 is 9.84 Å². The zero-order valence-corrected chi connectivity index (χ0v) is 11.6. The van der Waals surface area contributed by atoms with Crippen molar-refractivity contribution in [2.24, 2.45) is 5.92 Å². The van der Waals surface area contributed by atoms with Crippen molar-refractivity contribution < 1.29 is 14.6 Å². The molecule has 3 heteroatoms. The van der Waals surface area contributed by atoms with E-state index in [1.165, 1.54) is 12.5 Å². The van der Waals surface area contributed by atoms with E-state index in [2.05, 4.69) is 13.8 Å². The highest BCUT2D eigenvalue weighted by atomic mass is 16.5. The summed E-state index contributed by atoms with van der Waals surface area (Å²) in [6.07, 6.45) is 0.988. The van der Waals surface area contributed by atoms with Gasteiger partial charge in [0.05, 0.1) is 6.61 Å². The van der Waals surface area contributed by atoms with Crippen molar-refractivity contribution in [1.82, 2.24) is 0 Å². The second-order valence-electron chi connectivity index (χ2n) is 5.09. The number of benzene rings is 1. The molecule has 1 atom stereocenters. The van der Waals surface area contributed by atoms with Crippen LogP contribution in [0.25, 0.3) is 0 Å². The number of ether oxygens (including phenoxy) is 1. The molecule has 100 valence electrons. The van der Waals surface area contributed by atoms with Crippen molar-refractivity contribution in [2.75, 3.05) is 6.61 Å². The van der Waals surface area contributed by atoms with Crippen molar-refractivity contribution in [2.45, 2.75) is 39.7 Å². The number of hydrogen-bond acceptors (Lipinski definition) is 3. The smallest absolute Gasteiger partial charge is 0.342 e. The first kappa shape index (κ1) is 14.7. The normalized spacial score (nSPS) is 14.3. The number of carbonyl (C=O) groups excluding carboxylic acids is 1. The Bertz CT molecular complexity index is 391. The number of hydrogen-bond donors (Lipinski definition) is 1. The summed E-state index contributed by atoms with van der Waals surface area (Å²) >= 11 is 0. The Kier molecular flexibility index (Phi) is 4.91. The summed E-state index contributed by atoms with van der Waals surface area (Å²) in [6, 6.07) is 7.47. The maximum absolute atomic E-state index is 11.7. The van der Waals surface area contributed by atoms with Gasteiger partial charge >= 0.3 is 5.97 Å². The molecule has 0 spiro atoms. The van der Waals surface area contributed by atoms with Crippen LogP contribution in [0.1, 0.15) is 38.8 Å². The van der Waals surface area contributed by atoms with Gasteiger partial charge in [0, 0.05) is 0 Å². The third-order valence-electron chi connectivity index (χ3n) is 2.83. The van der Waals surface area contributed by atoms with Crippen LogP contribution in [0, 0.1) is 5.92 Å². The summed E-state index contributed by atoms with van der Waals surface area (Å²) in [7, 11) is 0. The molecule has 0 heterocycles. The minimum Gasteiger partial charge on any atom is -0.464 e. The number of rotatable bonds is 5. The van der Waals surface area contributed by atoms with E-state index in [0.29, 0.717) is 11.5 Å². The number of aliphatic hydroxyl groups is 1. The van der Waals surface area contributed by atoms with Crippen molar-refractivity contribution in [3.05, 3.63) is 35.4 Å². The molecule has 0 aromatic heterocycles. The van der Waals surface area contributed by atoms with Crippen LogP contribution < -0.4 is 0 Å². The first-order valence-electron chi connectivity index (χ1n) is 6.37. The van der Waals surface area contributed by atoms with Crippen LogP contribution in [-0.4, -0.2) is 17.7 Å². The Morgan fingerprint density at radius 2 is 1.89 bits per heavy atom. The third kappa shape index (κ3) is 3.57. The van der Waals surface area contributed by atoms with Gasteiger partial charge in [0.2, 0.25) is 0 Å². The van der Waals surface area contributed by atoms with Gasteiger partial charge in [0.25, 0.3) is 0 Å². The van der Waals surface area contributed by atoms with Crippen molar-refractivity contribution in [1.29, 1.82) is 0 Å². The molecular formula is C15H22O3. The van der Waals surface area contributed by atoms with Crippen LogP contribution in [0.2, 0.25) is 0 Å². The molecule has 0 saturated heterocycles. The Balaban J connectivity index is 2.86. The highest BCUT2D eigenvalue weighted by Gasteiger charge is 2.33. The van der Waals surface area contributed by atoms with E-state index < -0.39 is 11.6 Å². The SMILES string of the molecule is CCOC(=O)C(C)(O)c1ccc(CC(C)C)cc1. The van der Waals surface area contributed by atoms with E-state index in [4.69, 9.17) is 4.74 Å². The van der Waals surface area contributed by atoms with E-state index in [1.54, 1.807) is 19.1 Å². The standard InChI is InChI=1S/C15H22O3/c1-5-18-14(16)15(4,17)13-8-6-12(7-9-13)10-11(2)3/h6-9,11,17H,5,10H2,1-4H3. The van der Waals surface area contributed by atoms with E-state index in [0.717, 1.165) is 6.42 Å². The lowest BCUT2D eigenvalue weighted by atomic mass is 9.93. The highest BCUT2D eigenvalue weighted by Crippen LogP contribution is 2.23. The van der Waals surface area contributed by atoms with Gasteiger partial charge in [-0.15, -0.1) is 0 Å². The van der Waals surface area contributed by atoms with Crippen LogP contribution in [0.15, 0.2) is 24.3 Å². The molecule has 0 aliphatic rings. The average Bonchev–Trinajstić information content (AvgIpc) is 2.29.